The molecule has 116 valence electrons. The molecule has 0 fully saturated rings. The predicted molar refractivity (Wildman–Crippen MR) is 99.4 cm³/mol. The fourth-order valence-corrected chi connectivity index (χ4v) is 2.37. The summed E-state index contributed by atoms with van der Waals surface area (Å²) in [5.74, 6) is 0. The molecule has 0 spiro atoms. The molecule has 0 aromatic heterocycles. The first kappa shape index (κ1) is 16.4. The Hall–Kier alpha value is -1.94. The highest BCUT2D eigenvalue weighted by atomic mass is 32.1. The quantitative estimate of drug-likeness (QED) is 0.388. The van der Waals surface area contributed by atoms with E-state index in [9.17, 15) is 0 Å². The van der Waals surface area contributed by atoms with Gasteiger partial charge in [0.2, 0.25) is 0 Å². The second-order valence-electron chi connectivity index (χ2n) is 5.36. The minimum absolute atomic E-state index is 0.661. The van der Waals surface area contributed by atoms with Crippen LogP contribution in [0.1, 0.15) is 32.3 Å². The minimum atomic E-state index is 0.661. The van der Waals surface area contributed by atoms with Crippen molar-refractivity contribution in [3.05, 3.63) is 48.0 Å². The summed E-state index contributed by atoms with van der Waals surface area (Å²) >= 11 is 5.34. The van der Waals surface area contributed by atoms with Crippen LogP contribution < -0.4 is 5.32 Å². The van der Waals surface area contributed by atoms with Crippen molar-refractivity contribution in [3.8, 4) is 0 Å². The van der Waals surface area contributed by atoms with Crippen LogP contribution >= 0.6 is 12.2 Å². The largest absolute Gasteiger partial charge is 0.361 e. The summed E-state index contributed by atoms with van der Waals surface area (Å²) in [6.07, 6.45) is 2.26. The van der Waals surface area contributed by atoms with Gasteiger partial charge in [-0.05, 0) is 48.0 Å². The summed E-state index contributed by atoms with van der Waals surface area (Å²) in [5, 5.41) is 12.7. The molecule has 2 aromatic rings. The number of nitrogens with zero attached hydrogens (tertiary/aromatic N) is 2. The molecular weight excluding hydrogens is 290 g/mol. The van der Waals surface area contributed by atoms with Crippen LogP contribution in [0.5, 0.6) is 0 Å². The van der Waals surface area contributed by atoms with Crippen molar-refractivity contribution in [1.82, 2.24) is 10.3 Å². The highest BCUT2D eigenvalue weighted by molar-refractivity contribution is 7.80. The van der Waals surface area contributed by atoms with E-state index in [1.807, 2.05) is 14.0 Å². The van der Waals surface area contributed by atoms with Gasteiger partial charge in [-0.15, -0.1) is 0 Å². The van der Waals surface area contributed by atoms with Gasteiger partial charge in [-0.2, -0.15) is 5.10 Å². The first-order chi connectivity index (χ1) is 10.6. The van der Waals surface area contributed by atoms with Crippen molar-refractivity contribution >= 4 is 33.8 Å². The smallest absolute Gasteiger partial charge is 0.189 e. The molecule has 3 nitrogen and oxygen atoms in total. The van der Waals surface area contributed by atoms with Gasteiger partial charge in [-0.3, -0.25) is 0 Å². The first-order valence-electron chi connectivity index (χ1n) is 7.67. The fraction of sp³-hybridized carbons (Fsp3) is 0.333. The molecule has 0 unspecified atom stereocenters. The predicted octanol–water partition coefficient (Wildman–Crippen LogP) is 4.17. The van der Waals surface area contributed by atoms with Crippen molar-refractivity contribution in [2.45, 2.75) is 26.7 Å². The maximum Gasteiger partial charge on any atom is 0.189 e. The van der Waals surface area contributed by atoms with Crippen LogP contribution in [0.2, 0.25) is 0 Å². The number of hydrogen-bond donors (Lipinski definition) is 1. The SMILES string of the molecule is CCCCNC(=S)N(C)/N=C(\C)c1ccc2ccccc2c1. The summed E-state index contributed by atoms with van der Waals surface area (Å²) in [5.41, 5.74) is 2.06. The lowest BCUT2D eigenvalue weighted by molar-refractivity contribution is 0.527. The van der Waals surface area contributed by atoms with E-state index in [4.69, 9.17) is 12.2 Å². The highest BCUT2D eigenvalue weighted by Crippen LogP contribution is 2.16. The molecule has 0 aliphatic carbocycles. The van der Waals surface area contributed by atoms with Gasteiger partial charge in [-0.1, -0.05) is 49.7 Å². The summed E-state index contributed by atoms with van der Waals surface area (Å²) < 4.78 is 0. The van der Waals surface area contributed by atoms with E-state index in [2.05, 4.69) is 59.8 Å². The Morgan fingerprint density at radius 3 is 2.64 bits per heavy atom. The Morgan fingerprint density at radius 2 is 1.91 bits per heavy atom. The van der Waals surface area contributed by atoms with E-state index in [1.54, 1.807) is 5.01 Å². The third-order valence-corrected chi connectivity index (χ3v) is 3.98. The number of rotatable bonds is 5. The third-order valence-electron chi connectivity index (χ3n) is 3.57. The lowest BCUT2D eigenvalue weighted by Gasteiger charge is -2.17. The molecule has 0 aliphatic heterocycles. The Morgan fingerprint density at radius 1 is 1.18 bits per heavy atom. The molecule has 0 atom stereocenters. The number of hydrogen-bond acceptors (Lipinski definition) is 2. The average Bonchev–Trinajstić information content (AvgIpc) is 2.54. The molecule has 0 amide bonds. The third kappa shape index (κ3) is 4.28. The van der Waals surface area contributed by atoms with Crippen molar-refractivity contribution in [2.24, 2.45) is 5.10 Å². The lowest BCUT2D eigenvalue weighted by Crippen LogP contribution is -2.34. The topological polar surface area (TPSA) is 27.6 Å². The molecule has 4 heteroatoms. The Kier molecular flexibility index (Phi) is 5.90. The molecule has 0 aliphatic rings. The first-order valence-corrected chi connectivity index (χ1v) is 8.08. The van der Waals surface area contributed by atoms with Crippen LogP contribution in [0.3, 0.4) is 0 Å². The second kappa shape index (κ2) is 7.90. The van der Waals surface area contributed by atoms with Crippen LogP contribution in [0.15, 0.2) is 47.6 Å². The number of fused-ring (bicyclic) bond motifs is 1. The molecule has 1 N–H and O–H groups in total. The normalized spacial score (nSPS) is 11.5. The molecule has 0 radical (unpaired) electrons. The molecule has 0 heterocycles. The van der Waals surface area contributed by atoms with E-state index in [0.29, 0.717) is 5.11 Å². The highest BCUT2D eigenvalue weighted by Gasteiger charge is 2.04. The maximum atomic E-state index is 5.34. The number of benzene rings is 2. The van der Waals surface area contributed by atoms with Gasteiger partial charge in [0.05, 0.1) is 5.71 Å². The zero-order valence-electron chi connectivity index (χ0n) is 13.5. The molecule has 2 rings (SSSR count). The molecular formula is C18H23N3S. The van der Waals surface area contributed by atoms with Crippen LogP contribution in [0.4, 0.5) is 0 Å². The van der Waals surface area contributed by atoms with Crippen LogP contribution in [-0.4, -0.2) is 29.4 Å². The van der Waals surface area contributed by atoms with E-state index >= 15 is 0 Å². The van der Waals surface area contributed by atoms with Gasteiger partial charge in [0, 0.05) is 13.6 Å². The van der Waals surface area contributed by atoms with Gasteiger partial charge < -0.3 is 5.32 Å². The Bertz CT molecular complexity index is 679. The monoisotopic (exact) mass is 313 g/mol. The van der Waals surface area contributed by atoms with Gasteiger partial charge in [0.1, 0.15) is 0 Å². The molecule has 0 saturated heterocycles. The van der Waals surface area contributed by atoms with Crippen molar-refractivity contribution in [2.75, 3.05) is 13.6 Å². The fourth-order valence-electron chi connectivity index (χ4n) is 2.23. The second-order valence-corrected chi connectivity index (χ2v) is 5.74. The maximum absolute atomic E-state index is 5.34. The Balaban J connectivity index is 2.10. The zero-order valence-corrected chi connectivity index (χ0v) is 14.3. The van der Waals surface area contributed by atoms with Crippen molar-refractivity contribution < 1.29 is 0 Å². The summed E-state index contributed by atoms with van der Waals surface area (Å²) in [4.78, 5) is 0. The lowest BCUT2D eigenvalue weighted by atomic mass is 10.0. The van der Waals surface area contributed by atoms with Crippen LogP contribution in [-0.2, 0) is 0 Å². The van der Waals surface area contributed by atoms with E-state index < -0.39 is 0 Å². The summed E-state index contributed by atoms with van der Waals surface area (Å²) in [6.45, 7) is 5.07. The van der Waals surface area contributed by atoms with Crippen LogP contribution in [0, 0.1) is 0 Å². The summed E-state index contributed by atoms with van der Waals surface area (Å²) in [6, 6.07) is 14.7. The zero-order chi connectivity index (χ0) is 15.9. The summed E-state index contributed by atoms with van der Waals surface area (Å²) in [7, 11) is 1.88. The number of unbranched alkanes of at least 4 members (excludes halogenated alkanes) is 1. The molecule has 0 saturated carbocycles. The minimum Gasteiger partial charge on any atom is -0.361 e. The number of nitrogens with one attached hydrogen (secondary N) is 1. The standard InChI is InChI=1S/C18H23N3S/c1-4-5-12-19-18(22)21(3)20-14(2)16-11-10-15-8-6-7-9-17(15)13-16/h6-11,13H,4-5,12H2,1-3H3,(H,19,22)/b20-14+. The molecule has 2 aromatic carbocycles. The van der Waals surface area contributed by atoms with Gasteiger partial charge in [-0.25, -0.2) is 5.01 Å². The molecule has 22 heavy (non-hydrogen) atoms. The Labute approximate surface area is 138 Å². The van der Waals surface area contributed by atoms with E-state index in [0.717, 1.165) is 30.7 Å². The van der Waals surface area contributed by atoms with Gasteiger partial charge >= 0.3 is 0 Å². The van der Waals surface area contributed by atoms with Gasteiger partial charge in [0.15, 0.2) is 5.11 Å². The van der Waals surface area contributed by atoms with E-state index in [-0.39, 0.29) is 0 Å². The van der Waals surface area contributed by atoms with Gasteiger partial charge in [0.25, 0.3) is 0 Å². The van der Waals surface area contributed by atoms with Crippen LogP contribution in [0.25, 0.3) is 10.8 Å². The van der Waals surface area contributed by atoms with E-state index in [1.165, 1.54) is 10.8 Å². The van der Waals surface area contributed by atoms with Crippen molar-refractivity contribution in [1.29, 1.82) is 0 Å². The number of thiocarbonyl (C=S) groups is 1. The molecule has 0 bridgehead atoms. The van der Waals surface area contributed by atoms with Crippen molar-refractivity contribution in [3.63, 3.8) is 0 Å². The average molecular weight is 313 g/mol. The number of hydrazone groups is 1.